The first-order chi connectivity index (χ1) is 10.0. The van der Waals surface area contributed by atoms with Gasteiger partial charge in [0, 0.05) is 23.4 Å². The lowest BCUT2D eigenvalue weighted by atomic mass is 9.90. The summed E-state index contributed by atoms with van der Waals surface area (Å²) in [6.07, 6.45) is 5.43. The topological polar surface area (TPSA) is 51.4 Å². The van der Waals surface area contributed by atoms with Crippen LogP contribution >= 0.6 is 11.3 Å². The Kier molecular flexibility index (Phi) is 4.26. The summed E-state index contributed by atoms with van der Waals surface area (Å²) in [5.41, 5.74) is 7.18. The summed E-state index contributed by atoms with van der Waals surface area (Å²) in [7, 11) is 0. The number of morpholine rings is 1. The number of thiazole rings is 1. The van der Waals surface area contributed by atoms with Crippen molar-refractivity contribution in [2.24, 2.45) is 5.73 Å². The van der Waals surface area contributed by atoms with E-state index in [-0.39, 0.29) is 5.41 Å². The van der Waals surface area contributed by atoms with E-state index in [1.165, 1.54) is 36.3 Å². The molecule has 1 saturated carbocycles. The number of ether oxygens (including phenoxy) is 1. The molecule has 4 nitrogen and oxygen atoms in total. The van der Waals surface area contributed by atoms with Crippen molar-refractivity contribution in [1.29, 1.82) is 0 Å². The van der Waals surface area contributed by atoms with Gasteiger partial charge in [-0.05, 0) is 12.8 Å². The number of nitrogens with zero attached hydrogens (tertiary/aromatic N) is 2. The van der Waals surface area contributed by atoms with Gasteiger partial charge in [-0.1, -0.05) is 33.6 Å². The molecule has 2 heterocycles. The maximum absolute atomic E-state index is 5.97. The van der Waals surface area contributed by atoms with Crippen LogP contribution in [-0.2, 0) is 16.7 Å². The van der Waals surface area contributed by atoms with Crippen LogP contribution in [-0.4, -0.2) is 30.3 Å². The molecule has 1 aromatic rings. The van der Waals surface area contributed by atoms with Gasteiger partial charge in [0.25, 0.3) is 0 Å². The fraction of sp³-hybridized carbons (Fsp3) is 0.812. The first kappa shape index (κ1) is 15.3. The molecule has 2 aliphatic rings. The summed E-state index contributed by atoms with van der Waals surface area (Å²) in [4.78, 5) is 8.70. The summed E-state index contributed by atoms with van der Waals surface area (Å²) in [6.45, 7) is 9.02. The molecule has 2 unspecified atom stereocenters. The van der Waals surface area contributed by atoms with Crippen molar-refractivity contribution in [3.05, 3.63) is 10.6 Å². The van der Waals surface area contributed by atoms with E-state index in [2.05, 4.69) is 25.7 Å². The van der Waals surface area contributed by atoms with Crippen LogP contribution in [0.5, 0.6) is 0 Å². The Balaban J connectivity index is 1.90. The predicted octanol–water partition coefficient (Wildman–Crippen LogP) is 3.05. The van der Waals surface area contributed by atoms with E-state index in [1.54, 1.807) is 11.3 Å². The maximum atomic E-state index is 5.97. The van der Waals surface area contributed by atoms with Crippen LogP contribution in [0.3, 0.4) is 0 Å². The third-order valence-corrected chi connectivity index (χ3v) is 5.67. The lowest BCUT2D eigenvalue weighted by Gasteiger charge is -2.43. The van der Waals surface area contributed by atoms with Gasteiger partial charge >= 0.3 is 0 Å². The third kappa shape index (κ3) is 2.96. The average molecular weight is 309 g/mol. The van der Waals surface area contributed by atoms with Crippen molar-refractivity contribution < 1.29 is 4.74 Å². The zero-order valence-electron chi connectivity index (χ0n) is 13.4. The molecule has 0 radical (unpaired) electrons. The van der Waals surface area contributed by atoms with Crippen molar-refractivity contribution in [2.75, 3.05) is 18.1 Å². The molecular formula is C16H27N3OS. The number of nitrogens with two attached hydrogens (primary N) is 1. The largest absolute Gasteiger partial charge is 0.374 e. The van der Waals surface area contributed by atoms with E-state index >= 15 is 0 Å². The second kappa shape index (κ2) is 5.86. The van der Waals surface area contributed by atoms with Crippen LogP contribution in [0.25, 0.3) is 0 Å². The van der Waals surface area contributed by atoms with E-state index in [9.17, 15) is 0 Å². The number of fused-ring (bicyclic) bond motifs is 1. The molecule has 1 aliphatic heterocycles. The maximum Gasteiger partial charge on any atom is 0.186 e. The van der Waals surface area contributed by atoms with Gasteiger partial charge in [-0.25, -0.2) is 4.98 Å². The summed E-state index contributed by atoms with van der Waals surface area (Å²) in [5, 5.41) is 1.15. The van der Waals surface area contributed by atoms with Crippen molar-refractivity contribution in [3.8, 4) is 0 Å². The van der Waals surface area contributed by atoms with E-state index in [0.29, 0.717) is 18.7 Å². The van der Waals surface area contributed by atoms with E-state index in [4.69, 9.17) is 15.5 Å². The molecule has 0 amide bonds. The highest BCUT2D eigenvalue weighted by atomic mass is 32.1. The highest BCUT2D eigenvalue weighted by Gasteiger charge is 2.36. The van der Waals surface area contributed by atoms with Crippen molar-refractivity contribution in [1.82, 2.24) is 4.98 Å². The Morgan fingerprint density at radius 1 is 1.33 bits per heavy atom. The first-order valence-electron chi connectivity index (χ1n) is 8.09. The minimum absolute atomic E-state index is 0.0572. The molecule has 1 saturated heterocycles. The smallest absolute Gasteiger partial charge is 0.186 e. The molecule has 3 rings (SSSR count). The Hall–Kier alpha value is -0.650. The number of aromatic nitrogens is 1. The lowest BCUT2D eigenvalue weighted by Crippen LogP contribution is -2.52. The quantitative estimate of drug-likeness (QED) is 0.912. The molecule has 2 fully saturated rings. The zero-order chi connectivity index (χ0) is 15.0. The summed E-state index contributed by atoms with van der Waals surface area (Å²) in [5.74, 6) is 0. The normalized spacial score (nSPS) is 26.8. The van der Waals surface area contributed by atoms with Gasteiger partial charge in [-0.15, -0.1) is 11.3 Å². The number of hydrogen-bond acceptors (Lipinski definition) is 5. The Bertz CT molecular complexity index is 492. The van der Waals surface area contributed by atoms with Gasteiger partial charge in [0.15, 0.2) is 5.13 Å². The van der Waals surface area contributed by atoms with Crippen LogP contribution in [0.15, 0.2) is 0 Å². The Morgan fingerprint density at radius 2 is 2.10 bits per heavy atom. The summed E-state index contributed by atoms with van der Waals surface area (Å²) in [6, 6.07) is 0.511. The number of hydrogen-bond donors (Lipinski definition) is 1. The van der Waals surface area contributed by atoms with Crippen molar-refractivity contribution in [2.45, 2.75) is 70.6 Å². The minimum atomic E-state index is 0.0572. The molecule has 0 bridgehead atoms. The fourth-order valence-corrected chi connectivity index (χ4v) is 4.75. The van der Waals surface area contributed by atoms with Gasteiger partial charge in [0.1, 0.15) is 0 Å². The zero-order valence-corrected chi connectivity index (χ0v) is 14.2. The molecule has 0 aromatic carbocycles. The second-order valence-corrected chi connectivity index (χ2v) is 8.24. The van der Waals surface area contributed by atoms with Crippen LogP contribution in [0.4, 0.5) is 5.13 Å². The van der Waals surface area contributed by atoms with Gasteiger partial charge < -0.3 is 15.4 Å². The van der Waals surface area contributed by atoms with E-state index in [1.807, 2.05) is 0 Å². The number of anilines is 1. The van der Waals surface area contributed by atoms with E-state index in [0.717, 1.165) is 18.3 Å². The van der Waals surface area contributed by atoms with Crippen molar-refractivity contribution >= 4 is 16.5 Å². The monoisotopic (exact) mass is 309 g/mol. The molecule has 118 valence electrons. The van der Waals surface area contributed by atoms with Crippen LogP contribution < -0.4 is 10.6 Å². The fourth-order valence-electron chi connectivity index (χ4n) is 3.52. The van der Waals surface area contributed by atoms with Gasteiger partial charge in [-0.3, -0.25) is 0 Å². The van der Waals surface area contributed by atoms with Crippen molar-refractivity contribution in [3.63, 3.8) is 0 Å². The van der Waals surface area contributed by atoms with Crippen LogP contribution in [0, 0.1) is 0 Å². The Morgan fingerprint density at radius 3 is 2.76 bits per heavy atom. The second-order valence-electron chi connectivity index (χ2n) is 7.18. The van der Waals surface area contributed by atoms with Gasteiger partial charge in [0.05, 0.1) is 24.4 Å². The first-order valence-corrected chi connectivity index (χ1v) is 8.91. The standard InChI is InChI=1S/C16H27N3OS/c1-16(2,3)14-13(10-17)21-15(18-14)19-8-9-20-12-7-5-4-6-11(12)19/h11-12H,4-10,17H2,1-3H3. The van der Waals surface area contributed by atoms with Gasteiger partial charge in [-0.2, -0.15) is 0 Å². The average Bonchev–Trinajstić information content (AvgIpc) is 2.91. The van der Waals surface area contributed by atoms with Crippen LogP contribution in [0.1, 0.15) is 57.0 Å². The highest BCUT2D eigenvalue weighted by molar-refractivity contribution is 7.15. The molecular weight excluding hydrogens is 282 g/mol. The SMILES string of the molecule is CC(C)(C)c1nc(N2CCOC3CCCCC32)sc1CN. The molecule has 2 atom stereocenters. The number of rotatable bonds is 2. The highest BCUT2D eigenvalue weighted by Crippen LogP contribution is 2.38. The molecule has 21 heavy (non-hydrogen) atoms. The summed E-state index contributed by atoms with van der Waals surface area (Å²) < 4.78 is 5.97. The minimum Gasteiger partial charge on any atom is -0.374 e. The molecule has 5 heteroatoms. The molecule has 1 aliphatic carbocycles. The predicted molar refractivity (Wildman–Crippen MR) is 88.0 cm³/mol. The third-order valence-electron chi connectivity index (χ3n) is 4.56. The van der Waals surface area contributed by atoms with Gasteiger partial charge in [0.2, 0.25) is 0 Å². The van der Waals surface area contributed by atoms with E-state index < -0.39 is 0 Å². The lowest BCUT2D eigenvalue weighted by molar-refractivity contribution is -0.00870. The van der Waals surface area contributed by atoms with Crippen LogP contribution in [0.2, 0.25) is 0 Å². The molecule has 2 N–H and O–H groups in total. The Labute approximate surface area is 131 Å². The molecule has 1 aromatic heterocycles. The molecule has 0 spiro atoms. The summed E-state index contributed by atoms with van der Waals surface area (Å²) >= 11 is 1.78.